The van der Waals surface area contributed by atoms with Crippen LogP contribution in [0.3, 0.4) is 0 Å². The molecule has 5 nitrogen and oxygen atoms in total. The Bertz CT molecular complexity index is 367. The number of amides is 1. The molecule has 102 valence electrons. The molecule has 0 bridgehead atoms. The maximum atomic E-state index is 11.7. The van der Waals surface area contributed by atoms with Gasteiger partial charge in [-0.1, -0.05) is 32.0 Å². The molecule has 0 saturated carbocycles. The van der Waals surface area contributed by atoms with Gasteiger partial charge in [-0.2, -0.15) is 0 Å². The van der Waals surface area contributed by atoms with Crippen LogP contribution in [0.15, 0.2) is 24.3 Å². The van der Waals surface area contributed by atoms with Gasteiger partial charge in [-0.15, -0.1) is 0 Å². The smallest absolute Gasteiger partial charge is 0.282 e. The summed E-state index contributed by atoms with van der Waals surface area (Å²) in [6.45, 7) is 5.97. The summed E-state index contributed by atoms with van der Waals surface area (Å²) in [6.07, 6.45) is 0. The van der Waals surface area contributed by atoms with Crippen molar-refractivity contribution in [1.29, 1.82) is 0 Å². The van der Waals surface area contributed by atoms with Gasteiger partial charge in [0.2, 0.25) is 0 Å². The Labute approximate surface area is 108 Å². The van der Waals surface area contributed by atoms with Crippen molar-refractivity contribution < 1.29 is 20.7 Å². The highest BCUT2D eigenvalue weighted by atomic mass is 17.1. The van der Waals surface area contributed by atoms with Crippen molar-refractivity contribution in [3.8, 4) is 0 Å². The maximum absolute atomic E-state index is 11.7. The van der Waals surface area contributed by atoms with E-state index in [1.165, 1.54) is 0 Å². The molecule has 0 aliphatic heterocycles. The molecule has 0 fully saturated rings. The standard InChI is InChI=1S/C12H18N2O.CH4O2/c1-8(2)11(13)12(15)14-10-7-5-4-6-9(10)3;1-3-2/h4-8,11H,13H2,1-3H3,(H,14,15);2H,1H3/t11-;/m1./s1. The molecule has 0 unspecified atom stereocenters. The number of rotatable bonds is 3. The van der Waals surface area contributed by atoms with Crippen LogP contribution in [-0.2, 0) is 9.68 Å². The van der Waals surface area contributed by atoms with Gasteiger partial charge in [-0.3, -0.25) is 4.79 Å². The summed E-state index contributed by atoms with van der Waals surface area (Å²) >= 11 is 0. The predicted molar refractivity (Wildman–Crippen MR) is 68.3 cm³/mol. The Morgan fingerprint density at radius 2 is 1.89 bits per heavy atom. The monoisotopic (exact) mass is 254 g/mol. The highest BCUT2D eigenvalue weighted by molar-refractivity contribution is 5.94. The third-order valence-corrected chi connectivity index (χ3v) is 2.54. The molecule has 0 heterocycles. The van der Waals surface area contributed by atoms with Gasteiger partial charge in [0.05, 0.1) is 0 Å². The van der Waals surface area contributed by atoms with Crippen LogP contribution in [0.2, 0.25) is 0 Å². The van der Waals surface area contributed by atoms with Gasteiger partial charge < -0.3 is 21.2 Å². The van der Waals surface area contributed by atoms with Gasteiger partial charge in [0.1, 0.15) is 0 Å². The topological polar surface area (TPSA) is 89.0 Å². The summed E-state index contributed by atoms with van der Waals surface area (Å²) in [6, 6.07) is 7.54. The first-order valence-corrected chi connectivity index (χ1v) is 5.79. The predicted octanol–water partition coefficient (Wildman–Crippen LogP) is 0.108. The van der Waals surface area contributed by atoms with Crippen LogP contribution in [0.25, 0.3) is 0 Å². The van der Waals surface area contributed by atoms with Gasteiger partial charge in [0.25, 0.3) is 5.91 Å². The summed E-state index contributed by atoms with van der Waals surface area (Å²) in [4.78, 5) is 14.7. The van der Waals surface area contributed by atoms with Gasteiger partial charge in [0.15, 0.2) is 6.04 Å². The molecule has 0 aromatic heterocycles. The molecular formula is C13H22N2O3. The summed E-state index contributed by atoms with van der Waals surface area (Å²) in [5.74, 6) is 0.244. The lowest BCUT2D eigenvalue weighted by atomic mass is 10.0. The third-order valence-electron chi connectivity index (χ3n) is 2.54. The first kappa shape index (κ1) is 16.6. The summed E-state index contributed by atoms with van der Waals surface area (Å²) in [7, 11) is 1.07. The van der Waals surface area contributed by atoms with Crippen molar-refractivity contribution in [2.45, 2.75) is 26.8 Å². The molecule has 0 spiro atoms. The van der Waals surface area contributed by atoms with Gasteiger partial charge in [0, 0.05) is 18.7 Å². The van der Waals surface area contributed by atoms with Crippen LogP contribution in [-0.4, -0.2) is 19.1 Å². The Balaban J connectivity index is 0.000000873. The van der Waals surface area contributed by atoms with E-state index >= 15 is 0 Å². The largest absolute Gasteiger partial charge is 0.724 e. The fourth-order valence-electron chi connectivity index (χ4n) is 1.24. The number of carbonyl (C=O) groups excluding carboxylic acids is 1. The first-order chi connectivity index (χ1) is 8.43. The molecule has 5 heteroatoms. The molecule has 1 amide bonds. The highest BCUT2D eigenvalue weighted by Gasteiger charge is 2.21. The normalized spacial score (nSPS) is 11.5. The Kier molecular flexibility index (Phi) is 7.94. The van der Waals surface area contributed by atoms with Crippen molar-refractivity contribution in [3.05, 3.63) is 29.8 Å². The van der Waals surface area contributed by atoms with Crippen molar-refractivity contribution in [1.82, 2.24) is 0 Å². The Morgan fingerprint density at radius 3 is 2.33 bits per heavy atom. The summed E-state index contributed by atoms with van der Waals surface area (Å²) in [5.41, 5.74) is 5.79. The summed E-state index contributed by atoms with van der Waals surface area (Å²) < 4.78 is 0. The van der Waals surface area contributed by atoms with Crippen molar-refractivity contribution >= 4 is 11.6 Å². The van der Waals surface area contributed by atoms with E-state index in [0.29, 0.717) is 0 Å². The number of hydrogen-bond donors (Lipinski definition) is 2. The van der Waals surface area contributed by atoms with Crippen LogP contribution in [0.5, 0.6) is 0 Å². The van der Waals surface area contributed by atoms with Crippen LogP contribution in [0.4, 0.5) is 5.69 Å². The minimum Gasteiger partial charge on any atom is -0.724 e. The Hall–Kier alpha value is -1.43. The highest BCUT2D eigenvalue weighted by Crippen LogP contribution is 2.13. The summed E-state index contributed by atoms with van der Waals surface area (Å²) in [5, 5.41) is 11.3. The van der Waals surface area contributed by atoms with Crippen LogP contribution in [0, 0.1) is 12.8 Å². The number of nitrogens with one attached hydrogen (secondary N) is 1. The molecule has 0 aliphatic rings. The lowest BCUT2D eigenvalue weighted by molar-refractivity contribution is -0.679. The average Bonchev–Trinajstić information content (AvgIpc) is 2.32. The zero-order chi connectivity index (χ0) is 14.1. The Morgan fingerprint density at radius 1 is 1.39 bits per heavy atom. The number of para-hydroxylation sites is 1. The first-order valence-electron chi connectivity index (χ1n) is 5.79. The molecule has 1 atom stereocenters. The molecule has 0 saturated heterocycles. The van der Waals surface area contributed by atoms with E-state index in [-0.39, 0.29) is 17.9 Å². The zero-order valence-electron chi connectivity index (χ0n) is 11.4. The van der Waals surface area contributed by atoms with E-state index in [4.69, 9.17) is 5.26 Å². The van der Waals surface area contributed by atoms with Gasteiger partial charge in [-0.25, -0.2) is 0 Å². The van der Waals surface area contributed by atoms with Crippen LogP contribution < -0.4 is 16.3 Å². The number of anilines is 1. The second-order valence-corrected chi connectivity index (χ2v) is 4.32. The quantitative estimate of drug-likeness (QED) is 0.592. The van der Waals surface area contributed by atoms with Crippen LogP contribution >= 0.6 is 0 Å². The maximum Gasteiger partial charge on any atom is 0.282 e. The molecule has 1 aromatic rings. The van der Waals surface area contributed by atoms with Crippen molar-refractivity contribution in [2.24, 2.45) is 5.92 Å². The minimum atomic E-state index is -0.204. The molecule has 1 rings (SSSR count). The molecule has 18 heavy (non-hydrogen) atoms. The molecule has 4 N–H and O–H groups in total. The number of benzene rings is 1. The SMILES string of the molecule is CO[O-].Cc1ccccc1NC(=O)[C@H]([NH3+])C(C)C. The second kappa shape index (κ2) is 8.63. The van der Waals surface area contributed by atoms with Crippen molar-refractivity contribution in [3.63, 3.8) is 0 Å². The molecule has 1 aromatic carbocycles. The van der Waals surface area contributed by atoms with E-state index in [0.717, 1.165) is 18.4 Å². The number of aryl methyl sites for hydroxylation is 1. The average molecular weight is 254 g/mol. The van der Waals surface area contributed by atoms with Crippen LogP contribution in [0.1, 0.15) is 19.4 Å². The van der Waals surface area contributed by atoms with E-state index in [1.807, 2.05) is 45.0 Å². The fraction of sp³-hybridized carbons (Fsp3) is 0.462. The van der Waals surface area contributed by atoms with E-state index in [9.17, 15) is 4.79 Å². The van der Waals surface area contributed by atoms with E-state index < -0.39 is 0 Å². The third kappa shape index (κ3) is 5.77. The zero-order valence-corrected chi connectivity index (χ0v) is 11.4. The van der Waals surface area contributed by atoms with Gasteiger partial charge >= 0.3 is 0 Å². The van der Waals surface area contributed by atoms with E-state index in [2.05, 4.69) is 15.9 Å². The van der Waals surface area contributed by atoms with Crippen molar-refractivity contribution in [2.75, 3.05) is 12.4 Å². The molecular weight excluding hydrogens is 232 g/mol. The molecule has 0 radical (unpaired) electrons. The molecule has 0 aliphatic carbocycles. The lowest BCUT2D eigenvalue weighted by Gasteiger charge is -2.13. The minimum absolute atomic E-state index is 0.0145. The number of hydrogen-bond acceptors (Lipinski definition) is 3. The second-order valence-electron chi connectivity index (χ2n) is 4.32. The van der Waals surface area contributed by atoms with E-state index in [1.54, 1.807) is 0 Å². The number of quaternary nitrogens is 1. The lowest BCUT2D eigenvalue weighted by Crippen LogP contribution is -2.68. The fourth-order valence-corrected chi connectivity index (χ4v) is 1.24. The van der Waals surface area contributed by atoms with Gasteiger partial charge in [-0.05, 0) is 18.6 Å². The number of carbonyl (C=O) groups is 1.